The van der Waals surface area contributed by atoms with Gasteiger partial charge in [0.2, 0.25) is 0 Å². The summed E-state index contributed by atoms with van der Waals surface area (Å²) in [6, 6.07) is 14.6. The number of aromatic nitrogens is 2. The molecule has 2 amide bonds. The summed E-state index contributed by atoms with van der Waals surface area (Å²) >= 11 is 0. The number of likely N-dealkylation sites (tertiary alicyclic amines) is 1. The molecule has 1 saturated heterocycles. The zero-order chi connectivity index (χ0) is 36.0. The number of halogens is 3. The minimum Gasteiger partial charge on any atom is -0.495 e. The normalized spacial score (nSPS) is 17.5. The van der Waals surface area contributed by atoms with Gasteiger partial charge in [-0.15, -0.1) is 0 Å². The van der Waals surface area contributed by atoms with E-state index in [4.69, 9.17) is 4.74 Å². The molecule has 258 valence electrons. The van der Waals surface area contributed by atoms with Crippen molar-refractivity contribution >= 4 is 29.2 Å². The van der Waals surface area contributed by atoms with Crippen LogP contribution in [0.15, 0.2) is 72.9 Å². The van der Waals surface area contributed by atoms with Gasteiger partial charge in [0.25, 0.3) is 17.7 Å². The van der Waals surface area contributed by atoms with Crippen LogP contribution >= 0.6 is 0 Å². The largest absolute Gasteiger partial charge is 0.495 e. The van der Waals surface area contributed by atoms with Crippen LogP contribution in [0, 0.1) is 22.6 Å². The van der Waals surface area contributed by atoms with Gasteiger partial charge in [-0.25, -0.2) is 4.39 Å². The number of anilines is 2. The van der Waals surface area contributed by atoms with Gasteiger partial charge in [-0.2, -0.15) is 19.1 Å². The Morgan fingerprint density at radius 1 is 1.04 bits per heavy atom. The number of carbonyl (C=O) groups is 3. The smallest absolute Gasteiger partial charge is 0.303 e. The van der Waals surface area contributed by atoms with Gasteiger partial charge >= 0.3 is 5.97 Å². The van der Waals surface area contributed by atoms with Crippen LogP contribution in [0.1, 0.15) is 63.8 Å². The van der Waals surface area contributed by atoms with Crippen molar-refractivity contribution in [1.29, 1.82) is 5.26 Å². The lowest BCUT2D eigenvalue weighted by Crippen LogP contribution is -2.51. The van der Waals surface area contributed by atoms with E-state index in [9.17, 15) is 29.1 Å². The average molecular weight is 687 g/mol. The monoisotopic (exact) mass is 686 g/mol. The number of carboxylic acids is 1. The summed E-state index contributed by atoms with van der Waals surface area (Å²) in [6.07, 6.45) is 1.29. The number of nitrogens with one attached hydrogen (secondary N) is 1. The molecule has 0 unspecified atom stereocenters. The SMILES string of the molecule is COc1ccc(C(=O)Nc2cnn3c2C(=O)N(c2ccc(C(F)(F)c4ccc(F)cc4)cc2)[C@H]2CN(CC(C)(C)CC(=O)O)C[C@H]23)cc1C#N. The first-order chi connectivity index (χ1) is 23.7. The van der Waals surface area contributed by atoms with E-state index in [2.05, 4.69) is 10.4 Å². The summed E-state index contributed by atoms with van der Waals surface area (Å²) in [6.45, 7) is 4.82. The van der Waals surface area contributed by atoms with Crippen molar-refractivity contribution in [2.75, 3.05) is 37.0 Å². The lowest BCUT2D eigenvalue weighted by Gasteiger charge is -2.37. The quantitative estimate of drug-likeness (QED) is 0.217. The van der Waals surface area contributed by atoms with Crippen LogP contribution in [0.4, 0.5) is 24.5 Å². The lowest BCUT2D eigenvalue weighted by atomic mass is 9.89. The number of aliphatic carboxylic acids is 1. The van der Waals surface area contributed by atoms with Crippen LogP contribution in [0.25, 0.3) is 0 Å². The molecule has 0 aliphatic carbocycles. The number of hydrogen-bond acceptors (Lipinski definition) is 7. The number of fused-ring (bicyclic) bond motifs is 3. The molecular formula is C36H33F3N6O5. The number of amides is 2. The highest BCUT2D eigenvalue weighted by Crippen LogP contribution is 2.41. The lowest BCUT2D eigenvalue weighted by molar-refractivity contribution is -0.139. The van der Waals surface area contributed by atoms with Gasteiger partial charge in [-0.1, -0.05) is 26.0 Å². The molecule has 14 heteroatoms. The maximum absolute atomic E-state index is 15.4. The summed E-state index contributed by atoms with van der Waals surface area (Å²) in [5.74, 6) is -5.85. The van der Waals surface area contributed by atoms with Crippen molar-refractivity contribution in [2.24, 2.45) is 5.41 Å². The van der Waals surface area contributed by atoms with Crippen molar-refractivity contribution in [3.63, 3.8) is 0 Å². The fourth-order valence-electron chi connectivity index (χ4n) is 6.82. The van der Waals surface area contributed by atoms with Gasteiger partial charge in [-0.05, 0) is 60.0 Å². The van der Waals surface area contributed by atoms with E-state index in [1.165, 1.54) is 60.7 Å². The van der Waals surface area contributed by atoms with Crippen molar-refractivity contribution in [3.8, 4) is 11.8 Å². The molecule has 50 heavy (non-hydrogen) atoms. The third-order valence-electron chi connectivity index (χ3n) is 9.02. The number of alkyl halides is 2. The van der Waals surface area contributed by atoms with Gasteiger partial charge < -0.3 is 20.1 Å². The number of ether oxygens (including phenoxy) is 1. The number of rotatable bonds is 10. The molecule has 2 N–H and O–H groups in total. The Morgan fingerprint density at radius 2 is 1.68 bits per heavy atom. The first-order valence-corrected chi connectivity index (χ1v) is 15.7. The number of methoxy groups -OCH3 is 1. The summed E-state index contributed by atoms with van der Waals surface area (Å²) in [4.78, 5) is 42.8. The molecule has 0 spiro atoms. The van der Waals surface area contributed by atoms with Crippen molar-refractivity contribution in [1.82, 2.24) is 14.7 Å². The second-order valence-corrected chi connectivity index (χ2v) is 13.2. The molecule has 0 saturated carbocycles. The van der Waals surface area contributed by atoms with Crippen LogP contribution in [0.2, 0.25) is 0 Å². The Balaban J connectivity index is 1.35. The first kappa shape index (κ1) is 34.2. The van der Waals surface area contributed by atoms with E-state index in [0.717, 1.165) is 24.3 Å². The molecular weight excluding hydrogens is 653 g/mol. The van der Waals surface area contributed by atoms with Gasteiger partial charge in [0, 0.05) is 42.0 Å². The fraction of sp³-hybridized carbons (Fsp3) is 0.306. The van der Waals surface area contributed by atoms with Crippen LogP contribution < -0.4 is 15.0 Å². The molecule has 4 aromatic rings. The Bertz CT molecular complexity index is 2010. The number of nitriles is 1. The van der Waals surface area contributed by atoms with Gasteiger partial charge in [0.1, 0.15) is 17.6 Å². The van der Waals surface area contributed by atoms with E-state index in [0.29, 0.717) is 31.1 Å². The number of benzene rings is 3. The van der Waals surface area contributed by atoms with E-state index in [-0.39, 0.29) is 40.1 Å². The van der Waals surface area contributed by atoms with E-state index < -0.39 is 47.0 Å². The number of carboxylic acid groups (broad SMARTS) is 1. The maximum Gasteiger partial charge on any atom is 0.303 e. The molecule has 2 atom stereocenters. The summed E-state index contributed by atoms with van der Waals surface area (Å²) in [5, 5.41) is 26.2. The highest BCUT2D eigenvalue weighted by molar-refractivity contribution is 6.13. The van der Waals surface area contributed by atoms with E-state index >= 15 is 8.78 Å². The topological polar surface area (TPSA) is 141 Å². The summed E-state index contributed by atoms with van der Waals surface area (Å²) in [7, 11) is 1.40. The molecule has 3 aromatic carbocycles. The predicted molar refractivity (Wildman–Crippen MR) is 176 cm³/mol. The molecule has 3 heterocycles. The fourth-order valence-corrected chi connectivity index (χ4v) is 6.82. The minimum absolute atomic E-state index is 0.0704. The molecule has 6 rings (SSSR count). The highest BCUT2D eigenvalue weighted by Gasteiger charge is 2.49. The maximum atomic E-state index is 15.4. The van der Waals surface area contributed by atoms with Crippen LogP contribution in [0.5, 0.6) is 5.75 Å². The zero-order valence-corrected chi connectivity index (χ0v) is 27.4. The second-order valence-electron chi connectivity index (χ2n) is 13.2. The number of nitrogens with zero attached hydrogens (tertiary/aromatic N) is 5. The predicted octanol–water partition coefficient (Wildman–Crippen LogP) is 5.68. The molecule has 1 fully saturated rings. The van der Waals surface area contributed by atoms with Crippen molar-refractivity contribution < 1.29 is 37.4 Å². The van der Waals surface area contributed by atoms with Gasteiger partial charge in [0.05, 0.1) is 43.1 Å². The third kappa shape index (κ3) is 6.39. The zero-order valence-electron chi connectivity index (χ0n) is 27.4. The van der Waals surface area contributed by atoms with Crippen molar-refractivity contribution in [3.05, 3.63) is 107 Å². The Kier molecular flexibility index (Phi) is 8.87. The molecule has 11 nitrogen and oxygen atoms in total. The van der Waals surface area contributed by atoms with Crippen molar-refractivity contribution in [2.45, 2.75) is 38.3 Å². The molecule has 2 aliphatic rings. The summed E-state index contributed by atoms with van der Waals surface area (Å²) in [5.41, 5.74) is -0.546. The number of carbonyl (C=O) groups excluding carboxylic acids is 2. The van der Waals surface area contributed by atoms with Crippen LogP contribution in [-0.2, 0) is 10.7 Å². The first-order valence-electron chi connectivity index (χ1n) is 15.7. The Hall–Kier alpha value is -5.68. The Morgan fingerprint density at radius 3 is 2.30 bits per heavy atom. The summed E-state index contributed by atoms with van der Waals surface area (Å²) < 4.78 is 51.0. The minimum atomic E-state index is -3.44. The molecule has 0 radical (unpaired) electrons. The molecule has 2 aliphatic heterocycles. The van der Waals surface area contributed by atoms with Gasteiger partial charge in [-0.3, -0.25) is 24.0 Å². The van der Waals surface area contributed by atoms with E-state index in [1.807, 2.05) is 24.8 Å². The molecule has 0 bridgehead atoms. The average Bonchev–Trinajstić information content (AvgIpc) is 3.68. The second kappa shape index (κ2) is 13.0. The third-order valence-corrected chi connectivity index (χ3v) is 9.02. The Labute approximate surface area is 285 Å². The highest BCUT2D eigenvalue weighted by atomic mass is 19.3. The van der Waals surface area contributed by atoms with E-state index in [1.54, 1.807) is 4.68 Å². The molecule has 1 aromatic heterocycles. The van der Waals surface area contributed by atoms with Gasteiger partial charge in [0.15, 0.2) is 5.69 Å². The van der Waals surface area contributed by atoms with Crippen LogP contribution in [-0.4, -0.2) is 70.4 Å². The standard InChI is InChI=1S/C36H33F3N6O5/c1-35(2,15-31(46)47)20-43-18-28-29(19-43)45-32(27(17-41-45)42-33(48)21-4-13-30(50-3)22(14-21)16-40)34(49)44(28)26-11-7-24(8-12-26)36(38,39)23-5-9-25(37)10-6-23/h4-14,17,28-29H,15,18-20H2,1-3H3,(H,42,48)(H,46,47)/t28-,29+/m0/s1. The number of hydrogen-bond donors (Lipinski definition) is 2. The van der Waals surface area contributed by atoms with Crippen LogP contribution in [0.3, 0.4) is 0 Å².